The maximum Gasteiger partial charge on any atom is 0.338 e. The van der Waals surface area contributed by atoms with Crippen LogP contribution in [0.1, 0.15) is 22.5 Å². The van der Waals surface area contributed by atoms with Gasteiger partial charge in [-0.25, -0.2) is 13.6 Å². The molecule has 1 aromatic heterocycles. The van der Waals surface area contributed by atoms with Gasteiger partial charge in [-0.2, -0.15) is 0 Å². The second kappa shape index (κ2) is 5.59. The summed E-state index contributed by atoms with van der Waals surface area (Å²) in [6, 6.07) is 3.98. The molecule has 19 heavy (non-hydrogen) atoms. The minimum atomic E-state index is -2.73. The Labute approximate surface area is 120 Å². The van der Waals surface area contributed by atoms with E-state index < -0.39 is 18.1 Å². The summed E-state index contributed by atoms with van der Waals surface area (Å²) in [7, 11) is 1.23. The Kier molecular flexibility index (Phi) is 4.08. The van der Waals surface area contributed by atoms with E-state index in [1.807, 2.05) is 0 Å². The van der Waals surface area contributed by atoms with Crippen molar-refractivity contribution in [2.75, 3.05) is 7.11 Å². The largest absolute Gasteiger partial charge is 0.465 e. The van der Waals surface area contributed by atoms with E-state index in [9.17, 15) is 13.6 Å². The quantitative estimate of drug-likeness (QED) is 0.605. The Hall–Kier alpha value is -1.58. The first-order valence-electron chi connectivity index (χ1n) is 5.03. The third-order valence-corrected chi connectivity index (χ3v) is 2.88. The van der Waals surface area contributed by atoms with Gasteiger partial charge in [0, 0.05) is 5.39 Å². The number of halogens is 3. The highest BCUT2D eigenvalue weighted by molar-refractivity contribution is 14.1. The molecule has 0 fully saturated rings. The molecular formula is C11H7F2IN2O3. The standard InChI is InChI=1S/C11H7F2IN2O3/c1-18-11(17)6-2-5-3-7(10(12)13)15-16-9(5)8(4-6)19-14/h2-4,10H,1H3. The zero-order valence-corrected chi connectivity index (χ0v) is 11.7. The van der Waals surface area contributed by atoms with Gasteiger partial charge in [0.15, 0.2) is 28.8 Å². The molecule has 2 aromatic rings. The Morgan fingerprint density at radius 1 is 1.32 bits per heavy atom. The van der Waals surface area contributed by atoms with Crippen LogP contribution in [0.5, 0.6) is 5.75 Å². The molecule has 1 aromatic carbocycles. The first-order chi connectivity index (χ1) is 9.06. The van der Waals surface area contributed by atoms with E-state index in [2.05, 4.69) is 14.9 Å². The topological polar surface area (TPSA) is 61.3 Å². The smallest absolute Gasteiger partial charge is 0.338 e. The molecule has 1 heterocycles. The molecule has 0 saturated carbocycles. The lowest BCUT2D eigenvalue weighted by molar-refractivity contribution is 0.0600. The molecule has 2 rings (SSSR count). The van der Waals surface area contributed by atoms with E-state index in [0.717, 1.165) is 0 Å². The van der Waals surface area contributed by atoms with Gasteiger partial charge < -0.3 is 7.80 Å². The van der Waals surface area contributed by atoms with Crippen LogP contribution in [-0.4, -0.2) is 23.3 Å². The molecule has 0 amide bonds. The first kappa shape index (κ1) is 13.8. The molecule has 5 nitrogen and oxygen atoms in total. The summed E-state index contributed by atoms with van der Waals surface area (Å²) in [6.45, 7) is 0. The summed E-state index contributed by atoms with van der Waals surface area (Å²) < 4.78 is 34.8. The van der Waals surface area contributed by atoms with Gasteiger partial charge in [0.05, 0.1) is 12.7 Å². The van der Waals surface area contributed by atoms with Crippen molar-refractivity contribution in [1.29, 1.82) is 0 Å². The molecule has 0 saturated heterocycles. The summed E-state index contributed by atoms with van der Waals surface area (Å²) in [5, 5.41) is 7.43. The molecule has 0 aliphatic carbocycles. The van der Waals surface area contributed by atoms with E-state index in [4.69, 9.17) is 3.07 Å². The molecule has 0 N–H and O–H groups in total. The van der Waals surface area contributed by atoms with Gasteiger partial charge in [0.1, 0.15) is 11.2 Å². The van der Waals surface area contributed by atoms with Crippen LogP contribution in [0.25, 0.3) is 10.9 Å². The lowest BCUT2D eigenvalue weighted by Crippen LogP contribution is -2.02. The van der Waals surface area contributed by atoms with Crippen LogP contribution in [0.2, 0.25) is 0 Å². The molecular weight excluding hydrogens is 373 g/mol. The van der Waals surface area contributed by atoms with Crippen molar-refractivity contribution in [2.45, 2.75) is 6.43 Å². The minimum Gasteiger partial charge on any atom is -0.465 e. The highest BCUT2D eigenvalue weighted by Gasteiger charge is 2.16. The molecule has 0 aliphatic rings. The second-order valence-corrected chi connectivity index (χ2v) is 3.99. The molecule has 0 atom stereocenters. The number of methoxy groups -OCH3 is 1. The third kappa shape index (κ3) is 2.72. The zero-order chi connectivity index (χ0) is 14.0. The number of esters is 1. The van der Waals surface area contributed by atoms with E-state index in [-0.39, 0.29) is 11.3 Å². The number of carbonyl (C=O) groups is 1. The third-order valence-electron chi connectivity index (χ3n) is 2.40. The van der Waals surface area contributed by atoms with Crippen LogP contribution >= 0.6 is 23.0 Å². The fraction of sp³-hybridized carbons (Fsp3) is 0.182. The molecule has 0 spiro atoms. The van der Waals surface area contributed by atoms with Crippen molar-refractivity contribution in [3.8, 4) is 5.75 Å². The first-order valence-corrected chi connectivity index (χ1v) is 5.91. The Morgan fingerprint density at radius 3 is 2.63 bits per heavy atom. The van der Waals surface area contributed by atoms with Gasteiger partial charge in [-0.05, 0) is 18.2 Å². The number of carbonyl (C=O) groups excluding carboxylic acids is 1. The number of alkyl halides is 2. The van der Waals surface area contributed by atoms with Crippen LogP contribution in [-0.2, 0) is 4.74 Å². The number of fused-ring (bicyclic) bond motifs is 1. The van der Waals surface area contributed by atoms with Crippen molar-refractivity contribution in [1.82, 2.24) is 10.2 Å². The average molecular weight is 380 g/mol. The number of rotatable bonds is 3. The Bertz CT molecular complexity index is 637. The van der Waals surface area contributed by atoms with Crippen LogP contribution in [0.4, 0.5) is 8.78 Å². The van der Waals surface area contributed by atoms with Crippen molar-refractivity contribution in [3.63, 3.8) is 0 Å². The van der Waals surface area contributed by atoms with Gasteiger partial charge in [-0.3, -0.25) is 0 Å². The van der Waals surface area contributed by atoms with Gasteiger partial charge in [0.2, 0.25) is 0 Å². The van der Waals surface area contributed by atoms with Crippen LogP contribution < -0.4 is 3.07 Å². The minimum absolute atomic E-state index is 0.190. The molecule has 0 unspecified atom stereocenters. The normalized spacial score (nSPS) is 10.8. The Morgan fingerprint density at radius 2 is 2.05 bits per heavy atom. The Balaban J connectivity index is 2.67. The average Bonchev–Trinajstić information content (AvgIpc) is 2.44. The maximum atomic E-state index is 12.6. The maximum absolute atomic E-state index is 12.6. The summed E-state index contributed by atoms with van der Waals surface area (Å²) in [4.78, 5) is 11.5. The van der Waals surface area contributed by atoms with Crippen molar-refractivity contribution >= 4 is 39.9 Å². The lowest BCUT2D eigenvalue weighted by Gasteiger charge is -2.07. The number of benzene rings is 1. The van der Waals surface area contributed by atoms with E-state index in [0.29, 0.717) is 10.9 Å². The zero-order valence-electron chi connectivity index (χ0n) is 9.56. The molecule has 0 radical (unpaired) electrons. The predicted octanol–water partition coefficient (Wildman–Crippen LogP) is 3.08. The fourth-order valence-corrected chi connectivity index (χ4v) is 1.88. The predicted molar refractivity (Wildman–Crippen MR) is 70.5 cm³/mol. The van der Waals surface area contributed by atoms with Gasteiger partial charge in [-0.1, -0.05) is 0 Å². The number of ether oxygens (including phenoxy) is 1. The summed E-state index contributed by atoms with van der Waals surface area (Å²) in [6.07, 6.45) is -2.73. The SMILES string of the molecule is COC(=O)c1cc(OI)c2nnc(C(F)F)cc2c1. The molecule has 100 valence electrons. The number of aromatic nitrogens is 2. The van der Waals surface area contributed by atoms with E-state index >= 15 is 0 Å². The van der Waals surface area contributed by atoms with Gasteiger partial charge in [0.25, 0.3) is 6.43 Å². The number of nitrogens with zero attached hydrogens (tertiary/aromatic N) is 2. The molecule has 0 bridgehead atoms. The highest BCUT2D eigenvalue weighted by atomic mass is 127. The van der Waals surface area contributed by atoms with E-state index in [1.165, 1.54) is 25.3 Å². The van der Waals surface area contributed by atoms with Crippen LogP contribution in [0, 0.1) is 0 Å². The molecule has 8 heteroatoms. The summed E-state index contributed by atoms with van der Waals surface area (Å²) >= 11 is 1.61. The van der Waals surface area contributed by atoms with E-state index in [1.54, 1.807) is 23.0 Å². The number of hydrogen-bond donors (Lipinski definition) is 0. The van der Waals surface area contributed by atoms with Crippen molar-refractivity contribution in [3.05, 3.63) is 29.5 Å². The van der Waals surface area contributed by atoms with Crippen LogP contribution in [0.15, 0.2) is 18.2 Å². The lowest BCUT2D eigenvalue weighted by atomic mass is 10.1. The van der Waals surface area contributed by atoms with Gasteiger partial charge in [-0.15, -0.1) is 10.2 Å². The number of hydrogen-bond acceptors (Lipinski definition) is 5. The summed E-state index contributed by atoms with van der Waals surface area (Å²) in [5.74, 6) is -0.334. The van der Waals surface area contributed by atoms with Crippen LogP contribution in [0.3, 0.4) is 0 Å². The van der Waals surface area contributed by atoms with Crippen molar-refractivity contribution in [2.24, 2.45) is 0 Å². The fourth-order valence-electron chi connectivity index (χ4n) is 1.54. The van der Waals surface area contributed by atoms with Gasteiger partial charge >= 0.3 is 5.97 Å². The second-order valence-electron chi connectivity index (χ2n) is 3.55. The molecule has 0 aliphatic heterocycles. The highest BCUT2D eigenvalue weighted by Crippen LogP contribution is 2.29. The summed E-state index contributed by atoms with van der Waals surface area (Å²) in [5.41, 5.74) is 0.0234. The van der Waals surface area contributed by atoms with Crippen molar-refractivity contribution < 1.29 is 21.4 Å². The monoisotopic (exact) mass is 380 g/mol.